The average molecular weight is 910 g/mol. The SMILES string of the molecule is CCCCCCCCCCCCOc1ccc(-c2c3nc(c(Br)c4ccc([nH]4)c(-c4ccc(OCCCCCCCCCCCC)cc4)c4nc(cc5ccc2[nH]5)C=C4)C=C3)cc1. The van der Waals surface area contributed by atoms with E-state index in [1.165, 1.54) is 116 Å². The topological polar surface area (TPSA) is 75.8 Å². The van der Waals surface area contributed by atoms with Crippen molar-refractivity contribution >= 4 is 62.3 Å². The van der Waals surface area contributed by atoms with Crippen LogP contribution < -0.4 is 9.47 Å². The lowest BCUT2D eigenvalue weighted by Gasteiger charge is -2.09. The molecule has 0 aliphatic carbocycles. The van der Waals surface area contributed by atoms with Crippen LogP contribution in [0.4, 0.5) is 0 Å². The van der Waals surface area contributed by atoms with E-state index in [2.05, 4.69) is 143 Å². The second-order valence-electron chi connectivity index (χ2n) is 17.4. The Morgan fingerprint density at radius 3 is 1.40 bits per heavy atom. The number of halogens is 1. The van der Waals surface area contributed by atoms with Crippen LogP contribution in [0.3, 0.4) is 0 Å². The second-order valence-corrected chi connectivity index (χ2v) is 18.2. The van der Waals surface area contributed by atoms with Crippen LogP contribution in [0.15, 0.2) is 83.3 Å². The third-order valence-electron chi connectivity index (χ3n) is 12.3. The van der Waals surface area contributed by atoms with Gasteiger partial charge in [-0.3, -0.25) is 0 Å². The summed E-state index contributed by atoms with van der Waals surface area (Å²) < 4.78 is 13.3. The van der Waals surface area contributed by atoms with Gasteiger partial charge in [-0.25, -0.2) is 9.97 Å². The fraction of sp³-hybridized carbons (Fsp3) is 0.429. The van der Waals surface area contributed by atoms with Gasteiger partial charge in [-0.05, 0) is 119 Å². The number of benzene rings is 2. The van der Waals surface area contributed by atoms with E-state index in [1.807, 2.05) is 0 Å². The quantitative estimate of drug-likeness (QED) is 0.0531. The molecule has 5 heterocycles. The Labute approximate surface area is 385 Å². The largest absolute Gasteiger partial charge is 0.494 e. The summed E-state index contributed by atoms with van der Waals surface area (Å²) in [6, 6.07) is 27.6. The van der Waals surface area contributed by atoms with Gasteiger partial charge in [0.05, 0.1) is 46.0 Å². The molecule has 63 heavy (non-hydrogen) atoms. The van der Waals surface area contributed by atoms with Crippen LogP contribution in [0, 0.1) is 0 Å². The highest BCUT2D eigenvalue weighted by molar-refractivity contribution is 9.10. The lowest BCUT2D eigenvalue weighted by molar-refractivity contribution is 0.304. The first-order valence-corrected chi connectivity index (χ1v) is 25.1. The molecule has 0 unspecified atom stereocenters. The highest BCUT2D eigenvalue weighted by Gasteiger charge is 2.15. The number of ether oxygens (including phenoxy) is 2. The summed E-state index contributed by atoms with van der Waals surface area (Å²) in [4.78, 5) is 17.8. The van der Waals surface area contributed by atoms with Gasteiger partial charge in [0.15, 0.2) is 0 Å². The Hall–Kier alpha value is -4.88. The molecule has 3 aromatic heterocycles. The molecule has 0 atom stereocenters. The Morgan fingerprint density at radius 2 is 0.857 bits per heavy atom. The van der Waals surface area contributed by atoms with Crippen molar-refractivity contribution in [3.63, 3.8) is 0 Å². The first-order chi connectivity index (χ1) is 31.1. The maximum absolute atomic E-state index is 6.19. The van der Waals surface area contributed by atoms with Crippen molar-refractivity contribution in [1.29, 1.82) is 0 Å². The first kappa shape index (κ1) is 46.1. The third-order valence-corrected chi connectivity index (χ3v) is 13.2. The van der Waals surface area contributed by atoms with E-state index in [0.717, 1.165) is 109 Å². The molecule has 0 spiro atoms. The lowest BCUT2D eigenvalue weighted by Crippen LogP contribution is -1.97. The van der Waals surface area contributed by atoms with Gasteiger partial charge in [0.2, 0.25) is 0 Å². The summed E-state index contributed by atoms with van der Waals surface area (Å²) in [6.07, 6.45) is 34.7. The minimum Gasteiger partial charge on any atom is -0.494 e. The second kappa shape index (κ2) is 24.8. The zero-order valence-corrected chi connectivity index (χ0v) is 39.5. The van der Waals surface area contributed by atoms with Crippen molar-refractivity contribution in [2.24, 2.45) is 0 Å². The van der Waals surface area contributed by atoms with E-state index < -0.39 is 0 Å². The third kappa shape index (κ3) is 13.6. The maximum atomic E-state index is 6.19. The van der Waals surface area contributed by atoms with Crippen molar-refractivity contribution in [1.82, 2.24) is 19.9 Å². The smallest absolute Gasteiger partial charge is 0.119 e. The minimum atomic E-state index is 0.748. The van der Waals surface area contributed by atoms with Gasteiger partial charge in [-0.1, -0.05) is 154 Å². The molecule has 0 radical (unpaired) electrons. The van der Waals surface area contributed by atoms with Crippen molar-refractivity contribution in [3.05, 3.63) is 106 Å². The number of hydrogen-bond donors (Lipinski definition) is 2. The molecule has 7 rings (SSSR count). The van der Waals surface area contributed by atoms with E-state index in [4.69, 9.17) is 19.4 Å². The monoisotopic (exact) mass is 908 g/mol. The summed E-state index contributed by atoms with van der Waals surface area (Å²) in [5.74, 6) is 1.80. The summed E-state index contributed by atoms with van der Waals surface area (Å²) in [6.45, 7) is 6.06. The molecule has 6 nitrogen and oxygen atoms in total. The Kier molecular flexibility index (Phi) is 18.2. The number of hydrogen-bond acceptors (Lipinski definition) is 4. The fourth-order valence-corrected chi connectivity index (χ4v) is 9.16. The number of nitrogens with zero attached hydrogens (tertiary/aromatic N) is 2. The molecule has 2 N–H and O–H groups in total. The van der Waals surface area contributed by atoms with Gasteiger partial charge < -0.3 is 19.4 Å². The zero-order chi connectivity index (χ0) is 43.5. The van der Waals surface area contributed by atoms with Gasteiger partial charge in [-0.15, -0.1) is 0 Å². The standard InChI is InChI=1S/C56H69BrN4O2/c1-3-5-7-9-11-13-15-17-19-21-39-62-46-29-23-42(24-30-46)54-48-33-27-44(58-48)41-45-28-34-49(59-45)55(51-36-38-53(61-51)56(57)52-37-35-50(54)60-52)43-25-31-47(32-26-43)63-40-22-20-18-16-14-12-10-8-6-4-2/h23-38,41,58,61H,3-22,39-40H2,1-2H3. The van der Waals surface area contributed by atoms with E-state index in [-0.39, 0.29) is 0 Å². The highest BCUT2D eigenvalue weighted by Crippen LogP contribution is 2.35. The van der Waals surface area contributed by atoms with Crippen molar-refractivity contribution in [3.8, 4) is 33.8 Å². The summed E-state index contributed by atoms with van der Waals surface area (Å²) >= 11 is 3.93. The zero-order valence-electron chi connectivity index (χ0n) is 38.0. The Morgan fingerprint density at radius 1 is 0.429 bits per heavy atom. The predicted molar refractivity (Wildman–Crippen MR) is 272 cm³/mol. The van der Waals surface area contributed by atoms with Gasteiger partial charge in [0, 0.05) is 27.7 Å². The summed E-state index contributed by atoms with van der Waals surface area (Å²) in [5.41, 5.74) is 11.6. The number of nitrogens with one attached hydrogen (secondary N) is 2. The van der Waals surface area contributed by atoms with Crippen molar-refractivity contribution < 1.29 is 9.47 Å². The molecule has 2 aromatic carbocycles. The van der Waals surface area contributed by atoms with Crippen LogP contribution in [0.25, 0.3) is 68.6 Å². The van der Waals surface area contributed by atoms with Crippen LogP contribution >= 0.6 is 15.9 Å². The average Bonchev–Trinajstić information content (AvgIpc) is 4.16. The Bertz CT molecular complexity index is 2340. The van der Waals surface area contributed by atoms with E-state index >= 15 is 0 Å². The number of fused-ring (bicyclic) bond motifs is 8. The molecular weight excluding hydrogens is 841 g/mol. The Balaban J connectivity index is 1.06. The van der Waals surface area contributed by atoms with Gasteiger partial charge >= 0.3 is 0 Å². The highest BCUT2D eigenvalue weighted by atomic mass is 79.9. The lowest BCUT2D eigenvalue weighted by atomic mass is 10.0. The molecule has 8 bridgehead atoms. The number of aromatic nitrogens is 4. The normalized spacial score (nSPS) is 12.0. The van der Waals surface area contributed by atoms with Crippen LogP contribution in [-0.4, -0.2) is 33.1 Å². The fourth-order valence-electron chi connectivity index (χ4n) is 8.71. The van der Waals surface area contributed by atoms with E-state index in [1.54, 1.807) is 0 Å². The summed E-state index contributed by atoms with van der Waals surface area (Å²) in [7, 11) is 0. The molecule has 7 heteroatoms. The molecule has 0 saturated carbocycles. The minimum absolute atomic E-state index is 0.748. The molecule has 2 aliphatic heterocycles. The molecular formula is C56H69BrN4O2. The number of unbranched alkanes of at least 4 members (excludes halogenated alkanes) is 18. The van der Waals surface area contributed by atoms with Gasteiger partial charge in [-0.2, -0.15) is 0 Å². The molecule has 332 valence electrons. The maximum Gasteiger partial charge on any atom is 0.119 e. The van der Waals surface area contributed by atoms with Gasteiger partial charge in [0.25, 0.3) is 0 Å². The number of H-pyrrole nitrogens is 2. The van der Waals surface area contributed by atoms with Crippen LogP contribution in [0.2, 0.25) is 0 Å². The molecule has 5 aromatic rings. The molecule has 2 aliphatic rings. The summed E-state index contributed by atoms with van der Waals surface area (Å²) in [5, 5.41) is 0. The van der Waals surface area contributed by atoms with Gasteiger partial charge in [0.1, 0.15) is 11.5 Å². The molecule has 0 saturated heterocycles. The van der Waals surface area contributed by atoms with E-state index in [0.29, 0.717) is 0 Å². The van der Waals surface area contributed by atoms with Crippen molar-refractivity contribution in [2.75, 3.05) is 13.2 Å². The molecule has 0 amide bonds. The number of rotatable bonds is 26. The van der Waals surface area contributed by atoms with Crippen LogP contribution in [-0.2, 0) is 0 Å². The molecule has 0 fully saturated rings. The van der Waals surface area contributed by atoms with E-state index in [9.17, 15) is 0 Å². The number of aromatic amines is 2. The van der Waals surface area contributed by atoms with Crippen LogP contribution in [0.1, 0.15) is 165 Å². The van der Waals surface area contributed by atoms with Crippen LogP contribution in [0.5, 0.6) is 11.5 Å². The predicted octanol–water partition coefficient (Wildman–Crippen LogP) is 17.4. The first-order valence-electron chi connectivity index (χ1n) is 24.3. The van der Waals surface area contributed by atoms with Crippen molar-refractivity contribution in [2.45, 2.75) is 142 Å².